The standard InChI is InChI=1S/C13H11F2NO4S/c1-20-12-7-10(6-11(15)13(12)17)21(18,19)16-9-4-2-8(14)3-5-9/h2-7,16-17H,1H3. The molecule has 112 valence electrons. The number of anilines is 1. The van der Waals surface area contributed by atoms with Gasteiger partial charge in [-0.25, -0.2) is 17.2 Å². The van der Waals surface area contributed by atoms with Gasteiger partial charge < -0.3 is 9.84 Å². The molecule has 0 unspecified atom stereocenters. The topological polar surface area (TPSA) is 75.6 Å². The molecule has 0 heterocycles. The second-order valence-electron chi connectivity index (χ2n) is 4.07. The molecule has 0 radical (unpaired) electrons. The van der Waals surface area contributed by atoms with Gasteiger partial charge in [-0.3, -0.25) is 4.72 Å². The first kappa shape index (κ1) is 15.0. The van der Waals surface area contributed by atoms with Gasteiger partial charge >= 0.3 is 0 Å². The Morgan fingerprint density at radius 2 is 1.76 bits per heavy atom. The van der Waals surface area contributed by atoms with E-state index >= 15 is 0 Å². The van der Waals surface area contributed by atoms with E-state index in [1.165, 1.54) is 12.1 Å². The fraction of sp³-hybridized carbons (Fsp3) is 0.0769. The smallest absolute Gasteiger partial charge is 0.262 e. The largest absolute Gasteiger partial charge is 0.502 e. The molecule has 2 N–H and O–H groups in total. The van der Waals surface area contributed by atoms with Gasteiger partial charge in [-0.2, -0.15) is 0 Å². The molecule has 8 heteroatoms. The van der Waals surface area contributed by atoms with Gasteiger partial charge in [-0.15, -0.1) is 0 Å². The number of methoxy groups -OCH3 is 1. The van der Waals surface area contributed by atoms with Crippen LogP contribution in [0.3, 0.4) is 0 Å². The van der Waals surface area contributed by atoms with Crippen LogP contribution < -0.4 is 9.46 Å². The fourth-order valence-electron chi connectivity index (χ4n) is 1.59. The fourth-order valence-corrected chi connectivity index (χ4v) is 2.68. The zero-order valence-corrected chi connectivity index (χ0v) is 11.6. The van der Waals surface area contributed by atoms with E-state index in [0.29, 0.717) is 6.07 Å². The van der Waals surface area contributed by atoms with Gasteiger partial charge in [0.25, 0.3) is 10.0 Å². The lowest BCUT2D eigenvalue weighted by molar-refractivity contribution is 0.355. The predicted octanol–water partition coefficient (Wildman–Crippen LogP) is 2.48. The maximum atomic E-state index is 13.5. The van der Waals surface area contributed by atoms with E-state index in [0.717, 1.165) is 25.3 Å². The van der Waals surface area contributed by atoms with Crippen LogP contribution in [0.5, 0.6) is 11.5 Å². The molecule has 5 nitrogen and oxygen atoms in total. The summed E-state index contributed by atoms with van der Waals surface area (Å²) in [6, 6.07) is 6.24. The summed E-state index contributed by atoms with van der Waals surface area (Å²) in [4.78, 5) is -0.432. The summed E-state index contributed by atoms with van der Waals surface area (Å²) in [6.07, 6.45) is 0. The molecule has 0 amide bonds. The van der Waals surface area contributed by atoms with Crippen molar-refractivity contribution in [3.8, 4) is 11.5 Å². The molecule has 0 atom stereocenters. The van der Waals surface area contributed by atoms with Crippen molar-refractivity contribution in [3.05, 3.63) is 48.0 Å². The summed E-state index contributed by atoms with van der Waals surface area (Å²) in [5, 5.41) is 9.35. The third kappa shape index (κ3) is 3.22. The van der Waals surface area contributed by atoms with Gasteiger partial charge in [-0.05, 0) is 30.3 Å². The number of nitrogens with one attached hydrogen (secondary N) is 1. The minimum atomic E-state index is -4.10. The van der Waals surface area contributed by atoms with E-state index in [4.69, 9.17) is 4.74 Å². The number of halogens is 2. The maximum absolute atomic E-state index is 13.5. The Morgan fingerprint density at radius 1 is 1.14 bits per heavy atom. The van der Waals surface area contributed by atoms with Gasteiger partial charge in [0.2, 0.25) is 0 Å². The van der Waals surface area contributed by atoms with Crippen molar-refractivity contribution in [3.63, 3.8) is 0 Å². The number of sulfonamides is 1. The number of ether oxygens (including phenoxy) is 1. The molecule has 0 spiro atoms. The Balaban J connectivity index is 2.40. The molecule has 0 aliphatic rings. The number of rotatable bonds is 4. The zero-order valence-electron chi connectivity index (χ0n) is 10.8. The van der Waals surface area contributed by atoms with Crippen molar-refractivity contribution in [2.24, 2.45) is 0 Å². The van der Waals surface area contributed by atoms with Crippen molar-refractivity contribution >= 4 is 15.7 Å². The minimum absolute atomic E-state index is 0.115. The van der Waals surface area contributed by atoms with Crippen molar-refractivity contribution in [1.82, 2.24) is 0 Å². The second-order valence-corrected chi connectivity index (χ2v) is 5.75. The monoisotopic (exact) mass is 315 g/mol. The molecule has 21 heavy (non-hydrogen) atoms. The summed E-state index contributed by atoms with van der Waals surface area (Å²) in [5.74, 6) is -2.74. The maximum Gasteiger partial charge on any atom is 0.262 e. The Labute approximate surface area is 119 Å². The number of aromatic hydroxyl groups is 1. The van der Waals surface area contributed by atoms with Crippen molar-refractivity contribution in [2.45, 2.75) is 4.90 Å². The summed E-state index contributed by atoms with van der Waals surface area (Å²) < 4.78 is 57.3. The van der Waals surface area contributed by atoms with Crippen LogP contribution >= 0.6 is 0 Å². The number of hydrogen-bond donors (Lipinski definition) is 2. The summed E-state index contributed by atoms with van der Waals surface area (Å²) in [6.45, 7) is 0. The van der Waals surface area contributed by atoms with Gasteiger partial charge in [0.05, 0.1) is 12.0 Å². The highest BCUT2D eigenvalue weighted by atomic mass is 32.2. The Bertz CT molecular complexity index is 760. The number of phenolic OH excluding ortho intramolecular Hbond substituents is 1. The molecule has 0 saturated carbocycles. The van der Waals surface area contributed by atoms with Crippen molar-refractivity contribution < 1.29 is 27.0 Å². The Hall–Kier alpha value is -2.35. The first-order valence-corrected chi connectivity index (χ1v) is 7.16. The van der Waals surface area contributed by atoms with Crippen LogP contribution in [-0.4, -0.2) is 20.6 Å². The molecule has 0 aromatic heterocycles. The van der Waals surface area contributed by atoms with E-state index in [2.05, 4.69) is 4.72 Å². The van der Waals surface area contributed by atoms with Crippen LogP contribution in [-0.2, 0) is 10.0 Å². The Morgan fingerprint density at radius 3 is 2.33 bits per heavy atom. The third-order valence-electron chi connectivity index (χ3n) is 2.63. The van der Waals surface area contributed by atoms with Crippen LogP contribution in [0.15, 0.2) is 41.3 Å². The Kier molecular flexibility index (Phi) is 3.99. The predicted molar refractivity (Wildman–Crippen MR) is 71.8 cm³/mol. The van der Waals surface area contributed by atoms with Crippen molar-refractivity contribution in [1.29, 1.82) is 0 Å². The van der Waals surface area contributed by atoms with Crippen LogP contribution in [0.2, 0.25) is 0 Å². The van der Waals surface area contributed by atoms with Gasteiger partial charge in [0, 0.05) is 11.8 Å². The summed E-state index contributed by atoms with van der Waals surface area (Å²) in [7, 11) is -2.94. The molecular weight excluding hydrogens is 304 g/mol. The first-order valence-electron chi connectivity index (χ1n) is 5.68. The van der Waals surface area contributed by atoms with Crippen LogP contribution in [0.25, 0.3) is 0 Å². The lowest BCUT2D eigenvalue weighted by Crippen LogP contribution is -2.13. The van der Waals surface area contributed by atoms with E-state index in [9.17, 15) is 22.3 Å². The SMILES string of the molecule is COc1cc(S(=O)(=O)Nc2ccc(F)cc2)cc(F)c1O. The number of hydrogen-bond acceptors (Lipinski definition) is 4. The van der Waals surface area contributed by atoms with Crippen LogP contribution in [0, 0.1) is 11.6 Å². The lowest BCUT2D eigenvalue weighted by Gasteiger charge is -2.10. The molecular formula is C13H11F2NO4S. The molecule has 0 aliphatic carbocycles. The highest BCUT2D eigenvalue weighted by molar-refractivity contribution is 7.92. The molecule has 2 aromatic rings. The third-order valence-corrected chi connectivity index (χ3v) is 3.99. The van der Waals surface area contributed by atoms with Crippen LogP contribution in [0.4, 0.5) is 14.5 Å². The number of phenols is 1. The first-order chi connectivity index (χ1) is 9.83. The highest BCUT2D eigenvalue weighted by Crippen LogP contribution is 2.32. The van der Waals surface area contributed by atoms with E-state index in [-0.39, 0.29) is 11.4 Å². The van der Waals surface area contributed by atoms with Gasteiger partial charge in [-0.1, -0.05) is 0 Å². The zero-order chi connectivity index (χ0) is 15.6. The molecule has 2 rings (SSSR count). The number of benzene rings is 2. The highest BCUT2D eigenvalue weighted by Gasteiger charge is 2.20. The van der Waals surface area contributed by atoms with Crippen molar-refractivity contribution in [2.75, 3.05) is 11.8 Å². The van der Waals surface area contributed by atoms with Gasteiger partial charge in [0.1, 0.15) is 5.82 Å². The molecule has 0 fully saturated rings. The minimum Gasteiger partial charge on any atom is -0.502 e. The summed E-state index contributed by atoms with van der Waals surface area (Å²) >= 11 is 0. The van der Waals surface area contributed by atoms with Gasteiger partial charge in [0.15, 0.2) is 17.3 Å². The normalized spacial score (nSPS) is 11.2. The average molecular weight is 315 g/mol. The molecule has 2 aromatic carbocycles. The van der Waals surface area contributed by atoms with E-state index in [1.54, 1.807) is 0 Å². The lowest BCUT2D eigenvalue weighted by atomic mass is 10.3. The van der Waals surface area contributed by atoms with Crippen LogP contribution in [0.1, 0.15) is 0 Å². The van der Waals surface area contributed by atoms with E-state index in [1.807, 2.05) is 0 Å². The summed E-state index contributed by atoms with van der Waals surface area (Å²) in [5.41, 5.74) is 0.115. The molecule has 0 saturated heterocycles. The quantitative estimate of drug-likeness (QED) is 0.909. The average Bonchev–Trinajstić information content (AvgIpc) is 2.44. The van der Waals surface area contributed by atoms with E-state index < -0.39 is 32.3 Å². The second kappa shape index (κ2) is 5.57. The molecule has 0 bridgehead atoms. The molecule has 0 aliphatic heterocycles.